The van der Waals surface area contributed by atoms with E-state index in [1.54, 1.807) is 0 Å². The number of carboxylic acid groups (broad SMARTS) is 1. The third-order valence-corrected chi connectivity index (χ3v) is 4.45. The number of benzene rings is 1. The number of aliphatic carboxylic acids is 1. The van der Waals surface area contributed by atoms with Crippen LogP contribution >= 0.6 is 0 Å². The van der Waals surface area contributed by atoms with E-state index in [1.165, 1.54) is 0 Å². The molecule has 1 aromatic carbocycles. The summed E-state index contributed by atoms with van der Waals surface area (Å²) in [6.07, 6.45) is 3.34. The van der Waals surface area contributed by atoms with Crippen LogP contribution in [0.15, 0.2) is 30.3 Å². The van der Waals surface area contributed by atoms with Crippen molar-refractivity contribution in [3.05, 3.63) is 35.9 Å². The predicted octanol–water partition coefficient (Wildman–Crippen LogP) is 3.62. The van der Waals surface area contributed by atoms with E-state index in [-0.39, 0.29) is 6.04 Å². The van der Waals surface area contributed by atoms with Crippen molar-refractivity contribution in [3.8, 4) is 0 Å². The zero-order valence-electron chi connectivity index (χ0n) is 12.6. The van der Waals surface area contributed by atoms with Gasteiger partial charge in [0.15, 0.2) is 0 Å². The van der Waals surface area contributed by atoms with Crippen LogP contribution in [0.5, 0.6) is 0 Å². The Labute approximate surface area is 121 Å². The molecule has 1 saturated carbocycles. The lowest BCUT2D eigenvalue weighted by molar-refractivity contribution is -0.140. The summed E-state index contributed by atoms with van der Waals surface area (Å²) in [6, 6.07) is 9.12. The summed E-state index contributed by atoms with van der Waals surface area (Å²) in [5.74, 6) is -0.294. The van der Waals surface area contributed by atoms with Gasteiger partial charge >= 0.3 is 5.97 Å². The fourth-order valence-corrected chi connectivity index (χ4v) is 3.36. The van der Waals surface area contributed by atoms with Gasteiger partial charge in [0.1, 0.15) is 6.04 Å². The highest BCUT2D eigenvalue weighted by atomic mass is 16.4. The van der Waals surface area contributed by atoms with Crippen molar-refractivity contribution < 1.29 is 9.90 Å². The van der Waals surface area contributed by atoms with Gasteiger partial charge in [-0.1, -0.05) is 51.1 Å². The first-order chi connectivity index (χ1) is 9.39. The molecular weight excluding hydrogens is 250 g/mol. The van der Waals surface area contributed by atoms with Crippen molar-refractivity contribution in [1.82, 2.24) is 5.32 Å². The number of rotatable bonds is 4. The van der Waals surface area contributed by atoms with Gasteiger partial charge in [0.05, 0.1) is 0 Å². The van der Waals surface area contributed by atoms with E-state index in [9.17, 15) is 9.90 Å². The van der Waals surface area contributed by atoms with E-state index in [0.29, 0.717) is 11.3 Å². The lowest BCUT2D eigenvalue weighted by atomic mass is 9.70. The lowest BCUT2D eigenvalue weighted by Crippen LogP contribution is -2.45. The Morgan fingerprint density at radius 1 is 1.35 bits per heavy atom. The molecule has 0 heterocycles. The minimum absolute atomic E-state index is 0.282. The molecule has 0 bridgehead atoms. The van der Waals surface area contributed by atoms with Crippen LogP contribution in [0.4, 0.5) is 0 Å². The standard InChI is InChI=1S/C17H25NO2/c1-12-11-17(2,3)10-9-14(12)18-15(16(19)20)13-7-5-4-6-8-13/h4-8,12,14-15,18H,9-11H2,1-3H3,(H,19,20). The van der Waals surface area contributed by atoms with E-state index in [0.717, 1.165) is 24.8 Å². The van der Waals surface area contributed by atoms with Crippen LogP contribution in [-0.4, -0.2) is 17.1 Å². The number of carbonyl (C=O) groups is 1. The Kier molecular flexibility index (Phi) is 4.48. The fraction of sp³-hybridized carbons (Fsp3) is 0.588. The number of carboxylic acids is 1. The van der Waals surface area contributed by atoms with Crippen LogP contribution in [0.2, 0.25) is 0 Å². The van der Waals surface area contributed by atoms with E-state index in [1.807, 2.05) is 30.3 Å². The van der Waals surface area contributed by atoms with Crippen molar-refractivity contribution in [2.45, 2.75) is 52.1 Å². The molecule has 0 radical (unpaired) electrons. The zero-order chi connectivity index (χ0) is 14.8. The normalized spacial score (nSPS) is 26.9. The van der Waals surface area contributed by atoms with Gasteiger partial charge in [0, 0.05) is 6.04 Å². The van der Waals surface area contributed by atoms with Crippen LogP contribution in [0.25, 0.3) is 0 Å². The van der Waals surface area contributed by atoms with Crippen molar-refractivity contribution in [1.29, 1.82) is 0 Å². The smallest absolute Gasteiger partial charge is 0.325 e. The maximum Gasteiger partial charge on any atom is 0.325 e. The molecule has 1 fully saturated rings. The van der Waals surface area contributed by atoms with E-state index >= 15 is 0 Å². The fourth-order valence-electron chi connectivity index (χ4n) is 3.36. The molecular formula is C17H25NO2. The van der Waals surface area contributed by atoms with Crippen molar-refractivity contribution in [3.63, 3.8) is 0 Å². The second-order valence-corrected chi connectivity index (χ2v) is 6.84. The summed E-state index contributed by atoms with van der Waals surface area (Å²) in [6.45, 7) is 6.82. The molecule has 0 amide bonds. The molecule has 3 nitrogen and oxygen atoms in total. The highest BCUT2D eigenvalue weighted by molar-refractivity contribution is 5.75. The van der Waals surface area contributed by atoms with Gasteiger partial charge in [0.25, 0.3) is 0 Å². The highest BCUT2D eigenvalue weighted by Gasteiger charge is 2.34. The molecule has 3 atom stereocenters. The Hall–Kier alpha value is -1.35. The Balaban J connectivity index is 2.08. The van der Waals surface area contributed by atoms with Crippen LogP contribution < -0.4 is 5.32 Å². The number of nitrogens with one attached hydrogen (secondary N) is 1. The first-order valence-electron chi connectivity index (χ1n) is 7.43. The summed E-state index contributed by atoms with van der Waals surface area (Å²) >= 11 is 0. The maximum atomic E-state index is 11.5. The largest absolute Gasteiger partial charge is 0.480 e. The van der Waals surface area contributed by atoms with Crippen LogP contribution in [-0.2, 0) is 4.79 Å². The second-order valence-electron chi connectivity index (χ2n) is 6.84. The van der Waals surface area contributed by atoms with E-state index in [4.69, 9.17) is 0 Å². The Morgan fingerprint density at radius 2 is 2.00 bits per heavy atom. The Morgan fingerprint density at radius 3 is 2.55 bits per heavy atom. The zero-order valence-corrected chi connectivity index (χ0v) is 12.6. The van der Waals surface area contributed by atoms with E-state index < -0.39 is 12.0 Å². The third kappa shape index (κ3) is 3.60. The van der Waals surface area contributed by atoms with Gasteiger partial charge in [-0.2, -0.15) is 0 Å². The van der Waals surface area contributed by atoms with E-state index in [2.05, 4.69) is 26.1 Å². The van der Waals surface area contributed by atoms with Gasteiger partial charge in [-0.25, -0.2) is 0 Å². The molecule has 2 rings (SSSR count). The second kappa shape index (κ2) is 5.96. The van der Waals surface area contributed by atoms with Crippen molar-refractivity contribution >= 4 is 5.97 Å². The molecule has 110 valence electrons. The summed E-state index contributed by atoms with van der Waals surface area (Å²) < 4.78 is 0. The first-order valence-corrected chi connectivity index (χ1v) is 7.43. The van der Waals surface area contributed by atoms with Crippen molar-refractivity contribution in [2.24, 2.45) is 11.3 Å². The summed E-state index contributed by atoms with van der Waals surface area (Å²) in [5.41, 5.74) is 1.21. The van der Waals surface area contributed by atoms with Crippen molar-refractivity contribution in [2.75, 3.05) is 0 Å². The monoisotopic (exact) mass is 275 g/mol. The highest BCUT2D eigenvalue weighted by Crippen LogP contribution is 2.39. The van der Waals surface area contributed by atoms with Crippen LogP contribution in [0.1, 0.15) is 51.6 Å². The van der Waals surface area contributed by atoms with Gasteiger partial charge in [-0.05, 0) is 36.2 Å². The average Bonchev–Trinajstić information content (AvgIpc) is 2.37. The Bertz CT molecular complexity index is 455. The molecule has 20 heavy (non-hydrogen) atoms. The molecule has 2 N–H and O–H groups in total. The molecule has 0 aliphatic heterocycles. The molecule has 1 aliphatic rings. The lowest BCUT2D eigenvalue weighted by Gasteiger charge is -2.40. The van der Waals surface area contributed by atoms with Gasteiger partial charge in [0.2, 0.25) is 0 Å². The molecule has 0 aromatic heterocycles. The predicted molar refractivity (Wildman–Crippen MR) is 80.5 cm³/mol. The maximum absolute atomic E-state index is 11.5. The molecule has 1 aliphatic carbocycles. The third-order valence-electron chi connectivity index (χ3n) is 4.45. The number of hydrogen-bond donors (Lipinski definition) is 2. The number of hydrogen-bond acceptors (Lipinski definition) is 2. The quantitative estimate of drug-likeness (QED) is 0.882. The molecule has 0 spiro atoms. The SMILES string of the molecule is CC1CC(C)(C)CCC1NC(C(=O)O)c1ccccc1. The van der Waals surface area contributed by atoms with Gasteiger partial charge in [-0.3, -0.25) is 10.1 Å². The van der Waals surface area contributed by atoms with Gasteiger partial charge in [-0.15, -0.1) is 0 Å². The molecule has 0 saturated heterocycles. The minimum Gasteiger partial charge on any atom is -0.480 e. The average molecular weight is 275 g/mol. The van der Waals surface area contributed by atoms with Crippen LogP contribution in [0.3, 0.4) is 0 Å². The summed E-state index contributed by atoms with van der Waals surface area (Å²) in [5, 5.41) is 12.8. The molecule has 3 unspecified atom stereocenters. The topological polar surface area (TPSA) is 49.3 Å². The minimum atomic E-state index is -0.798. The first kappa shape index (κ1) is 15.0. The molecule has 1 aromatic rings. The summed E-state index contributed by atoms with van der Waals surface area (Å²) in [7, 11) is 0. The van der Waals surface area contributed by atoms with Crippen LogP contribution in [0, 0.1) is 11.3 Å². The van der Waals surface area contributed by atoms with Gasteiger partial charge < -0.3 is 5.11 Å². The summed E-state index contributed by atoms with van der Waals surface area (Å²) in [4.78, 5) is 11.5. The molecule has 3 heteroatoms.